The Morgan fingerprint density at radius 3 is 3.05 bits per heavy atom. The summed E-state index contributed by atoms with van der Waals surface area (Å²) in [7, 11) is 1.73. The zero-order chi connectivity index (χ0) is 14.4. The number of rotatable bonds is 8. The van der Waals surface area contributed by atoms with E-state index >= 15 is 0 Å². The maximum Gasteiger partial charge on any atom is 0.0619 e. The van der Waals surface area contributed by atoms with E-state index in [-0.39, 0.29) is 11.5 Å². The molecule has 0 radical (unpaired) electrons. The Morgan fingerprint density at radius 1 is 1.60 bits per heavy atom. The number of aromatic nitrogens is 2. The molecule has 0 bridgehead atoms. The number of aryl methyl sites for hydroxylation is 1. The summed E-state index contributed by atoms with van der Waals surface area (Å²) in [5, 5.41) is 7.89. The van der Waals surface area contributed by atoms with Gasteiger partial charge in [-0.2, -0.15) is 5.10 Å². The van der Waals surface area contributed by atoms with Gasteiger partial charge in [0.1, 0.15) is 0 Å². The quantitative estimate of drug-likeness (QED) is 0.733. The highest BCUT2D eigenvalue weighted by atomic mass is 16.5. The predicted octanol–water partition coefficient (Wildman–Crippen LogP) is 1.48. The van der Waals surface area contributed by atoms with Crippen LogP contribution in [-0.2, 0) is 22.4 Å². The Morgan fingerprint density at radius 2 is 2.45 bits per heavy atom. The van der Waals surface area contributed by atoms with Gasteiger partial charge in [-0.3, -0.25) is 4.68 Å². The van der Waals surface area contributed by atoms with Gasteiger partial charge in [-0.15, -0.1) is 0 Å². The lowest BCUT2D eigenvalue weighted by Crippen LogP contribution is -2.42. The zero-order valence-corrected chi connectivity index (χ0v) is 12.9. The van der Waals surface area contributed by atoms with E-state index in [9.17, 15) is 0 Å². The molecule has 2 rings (SSSR count). The summed E-state index contributed by atoms with van der Waals surface area (Å²) in [6, 6.07) is 0. The number of nitrogens with one attached hydrogen (secondary N) is 1. The van der Waals surface area contributed by atoms with Crippen LogP contribution in [0.1, 0.15) is 25.8 Å². The van der Waals surface area contributed by atoms with Gasteiger partial charge in [-0.05, 0) is 32.3 Å². The van der Waals surface area contributed by atoms with Gasteiger partial charge in [-0.25, -0.2) is 0 Å². The minimum Gasteiger partial charge on any atom is -0.383 e. The fraction of sp³-hybridized carbons (Fsp3) is 0.800. The van der Waals surface area contributed by atoms with Gasteiger partial charge in [0.05, 0.1) is 18.9 Å². The number of hydrogen-bond donors (Lipinski definition) is 1. The molecular weight excluding hydrogens is 254 g/mol. The third-order valence-corrected chi connectivity index (χ3v) is 4.36. The molecule has 2 atom stereocenters. The zero-order valence-electron chi connectivity index (χ0n) is 12.9. The minimum absolute atomic E-state index is 0.176. The molecule has 0 saturated carbocycles. The maximum absolute atomic E-state index is 5.83. The van der Waals surface area contributed by atoms with Gasteiger partial charge in [0, 0.05) is 45.0 Å². The second-order valence-electron chi connectivity index (χ2n) is 5.68. The molecule has 0 spiro atoms. The van der Waals surface area contributed by atoms with Crippen LogP contribution in [0, 0.1) is 5.41 Å². The lowest BCUT2D eigenvalue weighted by atomic mass is 9.76. The van der Waals surface area contributed by atoms with E-state index in [0.29, 0.717) is 0 Å². The third kappa shape index (κ3) is 3.59. The highest BCUT2D eigenvalue weighted by molar-refractivity contribution is 5.10. The summed E-state index contributed by atoms with van der Waals surface area (Å²) in [6.45, 7) is 8.68. The van der Waals surface area contributed by atoms with E-state index < -0.39 is 0 Å². The van der Waals surface area contributed by atoms with E-state index in [1.54, 1.807) is 7.11 Å². The molecule has 1 aromatic rings. The smallest absolute Gasteiger partial charge is 0.0619 e. The van der Waals surface area contributed by atoms with Crippen molar-refractivity contribution in [3.05, 3.63) is 18.0 Å². The van der Waals surface area contributed by atoms with Crippen molar-refractivity contribution >= 4 is 0 Å². The molecule has 0 aliphatic carbocycles. The Balaban J connectivity index is 1.99. The molecule has 1 aliphatic heterocycles. The van der Waals surface area contributed by atoms with Crippen LogP contribution in [-0.4, -0.2) is 49.3 Å². The van der Waals surface area contributed by atoms with Crippen LogP contribution >= 0.6 is 0 Å². The maximum atomic E-state index is 5.83. The first-order valence-corrected chi connectivity index (χ1v) is 7.53. The topological polar surface area (TPSA) is 48.3 Å². The average Bonchev–Trinajstić information content (AvgIpc) is 3.04. The number of ether oxygens (including phenoxy) is 2. The molecule has 1 fully saturated rings. The highest BCUT2D eigenvalue weighted by Gasteiger charge is 2.41. The van der Waals surface area contributed by atoms with Crippen molar-refractivity contribution in [2.75, 3.05) is 33.4 Å². The summed E-state index contributed by atoms with van der Waals surface area (Å²) in [4.78, 5) is 0. The predicted molar refractivity (Wildman–Crippen MR) is 78.8 cm³/mol. The van der Waals surface area contributed by atoms with Crippen molar-refractivity contribution in [3.63, 3.8) is 0 Å². The lowest BCUT2D eigenvalue weighted by Gasteiger charge is -2.32. The summed E-state index contributed by atoms with van der Waals surface area (Å²) in [5.74, 6) is 0. The van der Waals surface area contributed by atoms with Crippen molar-refractivity contribution in [3.8, 4) is 0 Å². The third-order valence-electron chi connectivity index (χ3n) is 4.36. The minimum atomic E-state index is 0.176. The van der Waals surface area contributed by atoms with Crippen LogP contribution in [0.25, 0.3) is 0 Å². The monoisotopic (exact) mass is 281 g/mol. The van der Waals surface area contributed by atoms with Crippen molar-refractivity contribution in [1.29, 1.82) is 0 Å². The van der Waals surface area contributed by atoms with Gasteiger partial charge >= 0.3 is 0 Å². The Labute approximate surface area is 121 Å². The molecule has 5 nitrogen and oxygen atoms in total. The lowest BCUT2D eigenvalue weighted by molar-refractivity contribution is 0.0619. The van der Waals surface area contributed by atoms with Crippen molar-refractivity contribution in [2.24, 2.45) is 5.41 Å². The van der Waals surface area contributed by atoms with E-state index in [2.05, 4.69) is 30.5 Å². The standard InChI is InChI=1S/C15H27N3O2/c1-4-18-11-14(10-17-18)9-15(5-7-20-13(15)2)12-16-6-8-19-3/h10-11,13,16H,4-9,12H2,1-3H3. The molecule has 0 amide bonds. The SMILES string of the molecule is CCn1cc(CC2(CNCCOC)CCOC2C)cn1. The summed E-state index contributed by atoms with van der Waals surface area (Å²) < 4.78 is 12.9. The van der Waals surface area contributed by atoms with Gasteiger partial charge < -0.3 is 14.8 Å². The number of methoxy groups -OCH3 is 1. The number of hydrogen-bond acceptors (Lipinski definition) is 4. The first-order valence-electron chi connectivity index (χ1n) is 7.53. The van der Waals surface area contributed by atoms with E-state index in [0.717, 1.165) is 45.7 Å². The molecule has 1 saturated heterocycles. The first-order chi connectivity index (χ1) is 9.70. The average molecular weight is 281 g/mol. The molecule has 114 valence electrons. The molecular formula is C15H27N3O2. The molecule has 1 aliphatic rings. The van der Waals surface area contributed by atoms with E-state index in [1.165, 1.54) is 5.56 Å². The van der Waals surface area contributed by atoms with Crippen LogP contribution in [0.5, 0.6) is 0 Å². The van der Waals surface area contributed by atoms with Gasteiger partial charge in [0.25, 0.3) is 0 Å². The van der Waals surface area contributed by atoms with E-state index in [4.69, 9.17) is 9.47 Å². The second-order valence-corrected chi connectivity index (χ2v) is 5.68. The molecule has 20 heavy (non-hydrogen) atoms. The molecule has 1 aromatic heterocycles. The van der Waals surface area contributed by atoms with Crippen molar-refractivity contribution in [1.82, 2.24) is 15.1 Å². The van der Waals surface area contributed by atoms with Gasteiger partial charge in [0.15, 0.2) is 0 Å². The fourth-order valence-corrected chi connectivity index (χ4v) is 2.93. The first kappa shape index (κ1) is 15.5. The molecule has 1 N–H and O–H groups in total. The van der Waals surface area contributed by atoms with Crippen LogP contribution < -0.4 is 5.32 Å². The normalized spacial score (nSPS) is 26.2. The molecule has 2 heterocycles. The fourth-order valence-electron chi connectivity index (χ4n) is 2.93. The molecule has 2 unspecified atom stereocenters. The molecule has 5 heteroatoms. The van der Waals surface area contributed by atoms with Crippen LogP contribution in [0.4, 0.5) is 0 Å². The summed E-state index contributed by atoms with van der Waals surface area (Å²) in [5.41, 5.74) is 1.48. The van der Waals surface area contributed by atoms with Gasteiger partial charge in [0.2, 0.25) is 0 Å². The van der Waals surface area contributed by atoms with Gasteiger partial charge in [-0.1, -0.05) is 0 Å². The van der Waals surface area contributed by atoms with Crippen molar-refractivity contribution in [2.45, 2.75) is 39.3 Å². The van der Waals surface area contributed by atoms with Crippen LogP contribution in [0.15, 0.2) is 12.4 Å². The summed E-state index contributed by atoms with van der Waals surface area (Å²) >= 11 is 0. The largest absolute Gasteiger partial charge is 0.383 e. The Hall–Kier alpha value is -0.910. The van der Waals surface area contributed by atoms with Crippen LogP contribution in [0.3, 0.4) is 0 Å². The highest BCUT2D eigenvalue weighted by Crippen LogP contribution is 2.37. The van der Waals surface area contributed by atoms with Crippen LogP contribution in [0.2, 0.25) is 0 Å². The Bertz CT molecular complexity index is 408. The summed E-state index contributed by atoms with van der Waals surface area (Å²) in [6.07, 6.45) is 6.55. The van der Waals surface area contributed by atoms with E-state index in [1.807, 2.05) is 10.9 Å². The number of nitrogens with zero attached hydrogens (tertiary/aromatic N) is 2. The van der Waals surface area contributed by atoms with Crippen molar-refractivity contribution < 1.29 is 9.47 Å². The molecule has 0 aromatic carbocycles. The second kappa shape index (κ2) is 7.20. The Kier molecular flexibility index (Phi) is 5.57.